The van der Waals surface area contributed by atoms with E-state index in [-0.39, 0.29) is 18.1 Å². The number of hydrogen-bond donors (Lipinski definition) is 0. The molecule has 0 aromatic heterocycles. The summed E-state index contributed by atoms with van der Waals surface area (Å²) in [4.78, 5) is 14.5. The molecule has 3 nitrogen and oxygen atoms in total. The second-order valence-corrected chi connectivity index (χ2v) is 7.95. The molecule has 3 rings (SSSR count). The fourth-order valence-corrected chi connectivity index (χ4v) is 3.91. The number of nitrogens with zero attached hydrogens (tertiary/aromatic N) is 1. The molecule has 154 valence electrons. The van der Waals surface area contributed by atoms with Crippen LogP contribution in [-0.2, 0) is 4.74 Å². The maximum atomic E-state index is 14.0. The molecule has 0 N–H and O–H groups in total. The van der Waals surface area contributed by atoms with Crippen LogP contribution in [0.1, 0.15) is 45.2 Å². The normalized spacial score (nSPS) is 20.5. The van der Waals surface area contributed by atoms with Crippen molar-refractivity contribution in [3.05, 3.63) is 72.3 Å². The fraction of sp³-hybridized carbons (Fsp3) is 0.375. The van der Waals surface area contributed by atoms with Gasteiger partial charge in [-0.05, 0) is 36.1 Å². The number of amides is 1. The summed E-state index contributed by atoms with van der Waals surface area (Å²) in [5, 5.41) is 0. The molecular weight excluding hydrogens is 372 g/mol. The fourth-order valence-electron chi connectivity index (χ4n) is 3.91. The number of halogens is 2. The summed E-state index contributed by atoms with van der Waals surface area (Å²) in [6, 6.07) is 10.7. The molecule has 2 atom stereocenters. The summed E-state index contributed by atoms with van der Waals surface area (Å²) >= 11 is 0. The third kappa shape index (κ3) is 4.19. The number of carbonyl (C=O) groups excluding carboxylic acids is 1. The lowest BCUT2D eigenvalue weighted by Gasteiger charge is -2.45. The van der Waals surface area contributed by atoms with E-state index in [4.69, 9.17) is 4.74 Å². The number of carbonyl (C=O) groups is 1. The molecule has 0 aliphatic carbocycles. The Kier molecular flexibility index (Phi) is 6.06. The van der Waals surface area contributed by atoms with Crippen molar-refractivity contribution in [3.8, 4) is 11.1 Å². The Balaban J connectivity index is 1.76. The van der Waals surface area contributed by atoms with E-state index in [0.29, 0.717) is 24.1 Å². The van der Waals surface area contributed by atoms with Crippen LogP contribution in [0.4, 0.5) is 13.6 Å². The number of hydrogen-bond acceptors (Lipinski definition) is 2. The second-order valence-electron chi connectivity index (χ2n) is 7.95. The maximum Gasteiger partial charge on any atom is 0.410 e. The molecule has 0 radical (unpaired) electrons. The molecule has 1 aliphatic heterocycles. The summed E-state index contributed by atoms with van der Waals surface area (Å²) in [5.74, 6) is -1.00. The first-order valence-electron chi connectivity index (χ1n) is 9.93. The number of rotatable bonds is 6. The highest BCUT2D eigenvalue weighted by Crippen LogP contribution is 2.37. The first-order valence-corrected chi connectivity index (χ1v) is 9.93. The van der Waals surface area contributed by atoms with Crippen LogP contribution >= 0.6 is 0 Å². The Morgan fingerprint density at radius 1 is 1.17 bits per heavy atom. The van der Waals surface area contributed by atoms with Gasteiger partial charge in [-0.1, -0.05) is 44.2 Å². The molecule has 29 heavy (non-hydrogen) atoms. The molecule has 1 amide bonds. The molecule has 1 saturated heterocycles. The third-order valence-electron chi connectivity index (χ3n) is 5.95. The molecule has 5 heteroatoms. The molecule has 0 saturated carbocycles. The second kappa shape index (κ2) is 8.36. The average molecular weight is 399 g/mol. The van der Waals surface area contributed by atoms with E-state index in [0.717, 1.165) is 18.1 Å². The monoisotopic (exact) mass is 399 g/mol. The van der Waals surface area contributed by atoms with Gasteiger partial charge in [0.15, 0.2) is 0 Å². The minimum Gasteiger partial charge on any atom is -0.442 e. The highest BCUT2D eigenvalue weighted by atomic mass is 19.1. The van der Waals surface area contributed by atoms with Crippen LogP contribution in [0, 0.1) is 17.6 Å². The summed E-state index contributed by atoms with van der Waals surface area (Å²) in [6.07, 6.45) is 2.86. The summed E-state index contributed by atoms with van der Waals surface area (Å²) in [7, 11) is 0. The van der Waals surface area contributed by atoms with Crippen LogP contribution in [0.15, 0.2) is 55.1 Å². The van der Waals surface area contributed by atoms with Gasteiger partial charge in [-0.25, -0.2) is 13.6 Å². The van der Waals surface area contributed by atoms with Crippen molar-refractivity contribution >= 4 is 6.09 Å². The zero-order valence-corrected chi connectivity index (χ0v) is 17.1. The molecule has 2 aromatic rings. The minimum atomic E-state index is -0.603. The highest BCUT2D eigenvalue weighted by Gasteiger charge is 2.43. The van der Waals surface area contributed by atoms with Crippen molar-refractivity contribution in [2.45, 2.75) is 45.3 Å². The highest BCUT2D eigenvalue weighted by molar-refractivity contribution is 5.70. The third-order valence-corrected chi connectivity index (χ3v) is 5.95. The van der Waals surface area contributed by atoms with Crippen LogP contribution < -0.4 is 0 Å². The SMILES string of the molecule is C=CCC1(C(C)C)CCN(C(C)c2ccc(-c3ccc(F)cc3F)cc2)C(=O)O1. The van der Waals surface area contributed by atoms with E-state index >= 15 is 0 Å². The van der Waals surface area contributed by atoms with E-state index in [1.807, 2.05) is 19.1 Å². The van der Waals surface area contributed by atoms with Gasteiger partial charge in [-0.3, -0.25) is 0 Å². The van der Waals surface area contributed by atoms with E-state index < -0.39 is 17.2 Å². The van der Waals surface area contributed by atoms with Crippen molar-refractivity contribution in [1.82, 2.24) is 4.90 Å². The summed E-state index contributed by atoms with van der Waals surface area (Å²) in [5.41, 5.74) is 1.42. The molecule has 2 aromatic carbocycles. The van der Waals surface area contributed by atoms with Crippen LogP contribution in [-0.4, -0.2) is 23.1 Å². The molecular formula is C24H27F2NO2. The van der Waals surface area contributed by atoms with Gasteiger partial charge in [0, 0.05) is 31.0 Å². The van der Waals surface area contributed by atoms with Gasteiger partial charge in [0.2, 0.25) is 0 Å². The summed E-state index contributed by atoms with van der Waals surface area (Å²) < 4.78 is 33.0. The number of cyclic esters (lactones) is 1. The van der Waals surface area contributed by atoms with Gasteiger partial charge >= 0.3 is 6.09 Å². The van der Waals surface area contributed by atoms with Crippen LogP contribution in [0.2, 0.25) is 0 Å². The van der Waals surface area contributed by atoms with Crippen LogP contribution in [0.5, 0.6) is 0 Å². The smallest absolute Gasteiger partial charge is 0.410 e. The van der Waals surface area contributed by atoms with E-state index in [2.05, 4.69) is 20.4 Å². The number of benzene rings is 2. The van der Waals surface area contributed by atoms with Crippen molar-refractivity contribution in [2.75, 3.05) is 6.54 Å². The van der Waals surface area contributed by atoms with Gasteiger partial charge < -0.3 is 9.64 Å². The van der Waals surface area contributed by atoms with Crippen molar-refractivity contribution < 1.29 is 18.3 Å². The topological polar surface area (TPSA) is 29.5 Å². The van der Waals surface area contributed by atoms with Crippen molar-refractivity contribution in [2.24, 2.45) is 5.92 Å². The predicted molar refractivity (Wildman–Crippen MR) is 110 cm³/mol. The van der Waals surface area contributed by atoms with Crippen molar-refractivity contribution in [3.63, 3.8) is 0 Å². The Hall–Kier alpha value is -2.69. The lowest BCUT2D eigenvalue weighted by Crippen LogP contribution is -2.52. The van der Waals surface area contributed by atoms with E-state index in [1.54, 1.807) is 23.1 Å². The molecule has 1 heterocycles. The standard InChI is InChI=1S/C24H27F2NO2/c1-5-12-24(16(2)3)13-14-27(23(28)29-24)17(4)18-6-8-19(9-7-18)21-11-10-20(25)15-22(21)26/h5-11,15-17H,1,12-14H2,2-4H3. The zero-order chi connectivity index (χ0) is 21.2. The van der Waals surface area contributed by atoms with Gasteiger partial charge in [0.1, 0.15) is 17.2 Å². The van der Waals surface area contributed by atoms with Crippen LogP contribution in [0.25, 0.3) is 11.1 Å². The number of ether oxygens (including phenoxy) is 1. The van der Waals surface area contributed by atoms with Gasteiger partial charge in [0.05, 0.1) is 6.04 Å². The Morgan fingerprint density at radius 2 is 1.86 bits per heavy atom. The molecule has 1 aliphatic rings. The van der Waals surface area contributed by atoms with E-state index in [1.165, 1.54) is 12.1 Å². The van der Waals surface area contributed by atoms with Gasteiger partial charge in [0.25, 0.3) is 0 Å². The summed E-state index contributed by atoms with van der Waals surface area (Å²) in [6.45, 7) is 10.5. The van der Waals surface area contributed by atoms with E-state index in [9.17, 15) is 13.6 Å². The molecule has 0 spiro atoms. The Bertz CT molecular complexity index is 894. The average Bonchev–Trinajstić information content (AvgIpc) is 2.68. The predicted octanol–water partition coefficient (Wildman–Crippen LogP) is 6.51. The van der Waals surface area contributed by atoms with Crippen molar-refractivity contribution in [1.29, 1.82) is 0 Å². The van der Waals surface area contributed by atoms with Gasteiger partial charge in [-0.2, -0.15) is 0 Å². The largest absolute Gasteiger partial charge is 0.442 e. The lowest BCUT2D eigenvalue weighted by atomic mass is 9.82. The van der Waals surface area contributed by atoms with Gasteiger partial charge in [-0.15, -0.1) is 6.58 Å². The molecule has 2 unspecified atom stereocenters. The zero-order valence-electron chi connectivity index (χ0n) is 17.1. The molecule has 0 bridgehead atoms. The lowest BCUT2D eigenvalue weighted by molar-refractivity contribution is -0.0805. The molecule has 1 fully saturated rings. The first kappa shape index (κ1) is 21.0. The first-order chi connectivity index (χ1) is 13.8. The maximum absolute atomic E-state index is 14.0. The Morgan fingerprint density at radius 3 is 2.41 bits per heavy atom. The van der Waals surface area contributed by atoms with Crippen LogP contribution in [0.3, 0.4) is 0 Å². The Labute approximate surface area is 171 Å². The minimum absolute atomic E-state index is 0.177. The quantitative estimate of drug-likeness (QED) is 0.519.